The van der Waals surface area contributed by atoms with Gasteiger partial charge in [0.15, 0.2) is 11.6 Å². The first-order valence-corrected chi connectivity index (χ1v) is 10.6. The van der Waals surface area contributed by atoms with Crippen molar-refractivity contribution in [3.05, 3.63) is 54.2 Å². The van der Waals surface area contributed by atoms with Crippen molar-refractivity contribution in [3.8, 4) is 5.75 Å². The van der Waals surface area contributed by atoms with Crippen LogP contribution in [-0.2, 0) is 9.59 Å². The van der Waals surface area contributed by atoms with Gasteiger partial charge in [-0.05, 0) is 31.1 Å². The van der Waals surface area contributed by atoms with E-state index < -0.39 is 12.0 Å². The van der Waals surface area contributed by atoms with E-state index in [-0.39, 0.29) is 17.7 Å². The van der Waals surface area contributed by atoms with Crippen LogP contribution < -0.4 is 9.64 Å². The highest BCUT2D eigenvalue weighted by Crippen LogP contribution is 2.35. The highest BCUT2D eigenvalue weighted by Gasteiger charge is 2.35. The number of carbonyl (C=O) groups excluding carboxylic acids is 2. The second-order valence-electron chi connectivity index (χ2n) is 8.28. The molecule has 0 aliphatic carbocycles. The van der Waals surface area contributed by atoms with Crippen molar-refractivity contribution < 1.29 is 24.2 Å². The zero-order chi connectivity index (χ0) is 23.0. The summed E-state index contributed by atoms with van der Waals surface area (Å²) < 4.78 is 5.76. The molecule has 4 heterocycles. The predicted octanol–water partition coefficient (Wildman–Crippen LogP) is 2.38. The number of hydrogen-bond acceptors (Lipinski definition) is 6. The molecule has 0 bridgehead atoms. The smallest absolute Gasteiger partial charge is 0.326 e. The normalized spacial score (nSPS) is 20.2. The van der Waals surface area contributed by atoms with Crippen molar-refractivity contribution in [2.75, 3.05) is 24.6 Å². The fraction of sp³-hybridized carbons (Fsp3) is 0.391. The Morgan fingerprint density at radius 1 is 1.28 bits per heavy atom. The maximum Gasteiger partial charge on any atom is 0.326 e. The summed E-state index contributed by atoms with van der Waals surface area (Å²) >= 11 is 0. The summed E-state index contributed by atoms with van der Waals surface area (Å²) in [5, 5.41) is 9.37. The van der Waals surface area contributed by atoms with E-state index in [0.29, 0.717) is 55.4 Å². The van der Waals surface area contributed by atoms with Gasteiger partial charge in [-0.3, -0.25) is 14.5 Å². The first-order chi connectivity index (χ1) is 15.3. The van der Waals surface area contributed by atoms with Crippen molar-refractivity contribution >= 4 is 23.6 Å². The number of aromatic nitrogens is 1. The summed E-state index contributed by atoms with van der Waals surface area (Å²) in [6, 6.07) is 0.806. The molecule has 9 nitrogen and oxygen atoms in total. The number of amides is 2. The maximum atomic E-state index is 12.9. The summed E-state index contributed by atoms with van der Waals surface area (Å²) in [7, 11) is 0. The Kier molecular flexibility index (Phi) is 5.73. The van der Waals surface area contributed by atoms with Gasteiger partial charge in [0.2, 0.25) is 5.91 Å². The monoisotopic (exact) mass is 438 g/mol. The number of fused-ring (bicyclic) bond motifs is 1. The molecule has 3 aliphatic heterocycles. The number of pyridine rings is 1. The van der Waals surface area contributed by atoms with Crippen LogP contribution in [0.1, 0.15) is 37.0 Å². The molecule has 4 rings (SSSR count). The van der Waals surface area contributed by atoms with Gasteiger partial charge in [0.25, 0.3) is 5.91 Å². The number of carboxylic acid groups (broad SMARTS) is 1. The zero-order valence-electron chi connectivity index (χ0n) is 18.2. The molecule has 1 aromatic rings. The molecule has 1 atom stereocenters. The molecular weight excluding hydrogens is 412 g/mol. The molecule has 1 N–H and O–H groups in total. The van der Waals surface area contributed by atoms with E-state index in [1.165, 1.54) is 16.0 Å². The zero-order valence-corrected chi connectivity index (χ0v) is 18.2. The SMILES string of the molecule is C=C1C=C(N2CCOc3cc(C(=O)N4CCCC4C(=O)O)cnc32)C=CN1C(=O)C(C)C. The largest absolute Gasteiger partial charge is 0.488 e. The second-order valence-corrected chi connectivity index (χ2v) is 8.28. The highest BCUT2D eigenvalue weighted by atomic mass is 16.5. The van der Waals surface area contributed by atoms with Crippen molar-refractivity contribution in [1.82, 2.24) is 14.8 Å². The molecule has 0 aromatic carbocycles. The molecule has 1 fully saturated rings. The Balaban J connectivity index is 1.57. The van der Waals surface area contributed by atoms with Crippen molar-refractivity contribution in [2.24, 2.45) is 5.92 Å². The number of likely N-dealkylation sites (tertiary alicyclic amines) is 1. The first-order valence-electron chi connectivity index (χ1n) is 10.6. The fourth-order valence-corrected chi connectivity index (χ4v) is 4.10. The van der Waals surface area contributed by atoms with Crippen LogP contribution >= 0.6 is 0 Å². The number of carbonyl (C=O) groups is 3. The topological polar surface area (TPSA) is 103 Å². The third-order valence-electron chi connectivity index (χ3n) is 5.77. The number of ether oxygens (including phenoxy) is 1. The Morgan fingerprint density at radius 3 is 2.75 bits per heavy atom. The number of carboxylic acids is 1. The van der Waals surface area contributed by atoms with Crippen LogP contribution in [-0.4, -0.2) is 63.4 Å². The Labute approximate surface area is 186 Å². The van der Waals surface area contributed by atoms with E-state index in [9.17, 15) is 19.5 Å². The summed E-state index contributed by atoms with van der Waals surface area (Å²) in [5.41, 5.74) is 1.67. The van der Waals surface area contributed by atoms with E-state index in [2.05, 4.69) is 11.6 Å². The molecule has 0 spiro atoms. The van der Waals surface area contributed by atoms with E-state index >= 15 is 0 Å². The van der Waals surface area contributed by atoms with Gasteiger partial charge >= 0.3 is 5.97 Å². The van der Waals surface area contributed by atoms with Gasteiger partial charge in [0, 0.05) is 36.3 Å². The lowest BCUT2D eigenvalue weighted by Crippen LogP contribution is -2.40. The van der Waals surface area contributed by atoms with Crippen molar-refractivity contribution in [1.29, 1.82) is 0 Å². The Hall–Kier alpha value is -3.62. The number of anilines is 1. The molecule has 3 aliphatic rings. The van der Waals surface area contributed by atoms with Gasteiger partial charge in [-0.1, -0.05) is 20.4 Å². The van der Waals surface area contributed by atoms with Gasteiger partial charge < -0.3 is 19.6 Å². The number of nitrogens with zero attached hydrogens (tertiary/aromatic N) is 4. The summed E-state index contributed by atoms with van der Waals surface area (Å²) in [4.78, 5) is 46.0. The first kappa shape index (κ1) is 21.6. The number of rotatable bonds is 4. The minimum atomic E-state index is -0.995. The van der Waals surface area contributed by atoms with Crippen molar-refractivity contribution in [2.45, 2.75) is 32.7 Å². The molecule has 1 unspecified atom stereocenters. The van der Waals surface area contributed by atoms with Gasteiger partial charge in [-0.2, -0.15) is 0 Å². The number of aliphatic carboxylic acids is 1. The molecule has 168 valence electrons. The van der Waals surface area contributed by atoms with Crippen LogP contribution in [0.25, 0.3) is 0 Å². The average molecular weight is 438 g/mol. The molecule has 1 aromatic heterocycles. The predicted molar refractivity (Wildman–Crippen MR) is 117 cm³/mol. The van der Waals surface area contributed by atoms with Crippen molar-refractivity contribution in [3.63, 3.8) is 0 Å². The van der Waals surface area contributed by atoms with Gasteiger partial charge in [-0.25, -0.2) is 9.78 Å². The van der Waals surface area contributed by atoms with Crippen LogP contribution in [0.3, 0.4) is 0 Å². The Morgan fingerprint density at radius 2 is 2.06 bits per heavy atom. The van der Waals surface area contributed by atoms with E-state index in [4.69, 9.17) is 4.74 Å². The summed E-state index contributed by atoms with van der Waals surface area (Å²) in [6.45, 7) is 9.02. The van der Waals surface area contributed by atoms with Crippen LogP contribution in [0.2, 0.25) is 0 Å². The molecule has 9 heteroatoms. The third kappa shape index (κ3) is 3.86. The summed E-state index contributed by atoms with van der Waals surface area (Å²) in [6.07, 6.45) is 7.91. The number of allylic oxidation sites excluding steroid dienone is 2. The minimum Gasteiger partial charge on any atom is -0.488 e. The third-order valence-corrected chi connectivity index (χ3v) is 5.77. The lowest BCUT2D eigenvalue weighted by atomic mass is 10.1. The summed E-state index contributed by atoms with van der Waals surface area (Å²) in [5.74, 6) is -0.536. The maximum absolute atomic E-state index is 12.9. The van der Waals surface area contributed by atoms with E-state index in [1.54, 1.807) is 12.3 Å². The van der Waals surface area contributed by atoms with Crippen LogP contribution in [0.15, 0.2) is 48.6 Å². The lowest BCUT2D eigenvalue weighted by molar-refractivity contribution is -0.141. The molecule has 0 saturated carbocycles. The molecule has 1 saturated heterocycles. The second kappa shape index (κ2) is 8.49. The van der Waals surface area contributed by atoms with Gasteiger partial charge in [0.1, 0.15) is 12.6 Å². The van der Waals surface area contributed by atoms with Gasteiger partial charge in [0.05, 0.1) is 12.1 Å². The average Bonchev–Trinajstić information content (AvgIpc) is 3.27. The lowest BCUT2D eigenvalue weighted by Gasteiger charge is -2.34. The molecule has 0 radical (unpaired) electrons. The quantitative estimate of drug-likeness (QED) is 0.770. The van der Waals surface area contributed by atoms with Gasteiger partial charge in [-0.15, -0.1) is 0 Å². The fourth-order valence-electron chi connectivity index (χ4n) is 4.10. The van der Waals surface area contributed by atoms with Crippen LogP contribution in [0.4, 0.5) is 5.82 Å². The molecule has 32 heavy (non-hydrogen) atoms. The Bertz CT molecular complexity index is 1040. The highest BCUT2D eigenvalue weighted by molar-refractivity contribution is 5.97. The van der Waals surface area contributed by atoms with Crippen LogP contribution in [0.5, 0.6) is 5.75 Å². The van der Waals surface area contributed by atoms with E-state index in [0.717, 1.165) is 5.70 Å². The molecule has 2 amide bonds. The molecular formula is C23H26N4O5. The van der Waals surface area contributed by atoms with E-state index in [1.807, 2.05) is 30.9 Å². The standard InChI is InChI=1S/C23H26N4O5/c1-14(2)21(28)25-8-6-17(11-15(25)3)26-9-10-32-19-12-16(13-24-20(19)26)22(29)27-7-4-5-18(27)23(30)31/h6,8,11-14,18H,3-5,7,9-10H2,1-2H3,(H,30,31). The number of hydrogen-bond donors (Lipinski definition) is 1. The minimum absolute atomic E-state index is 0.0354. The van der Waals surface area contributed by atoms with Crippen LogP contribution in [0, 0.1) is 5.92 Å².